The van der Waals surface area contributed by atoms with E-state index in [0.717, 1.165) is 18.3 Å². The van der Waals surface area contributed by atoms with Crippen molar-refractivity contribution in [2.24, 2.45) is 0 Å². The molecule has 2 aromatic carbocycles. The zero-order chi connectivity index (χ0) is 18.7. The van der Waals surface area contributed by atoms with Gasteiger partial charge in [-0.25, -0.2) is 0 Å². The summed E-state index contributed by atoms with van der Waals surface area (Å²) in [5.41, 5.74) is 0.800. The fourth-order valence-corrected chi connectivity index (χ4v) is 2.52. The lowest BCUT2D eigenvalue weighted by Crippen LogP contribution is -2.11. The number of nitrogens with zero attached hydrogens (tertiary/aromatic N) is 1. The van der Waals surface area contributed by atoms with Crippen molar-refractivity contribution in [1.82, 2.24) is 4.98 Å². The first-order valence-electron chi connectivity index (χ1n) is 7.53. The SMILES string of the molecule is O=C(Nc1cccc(Cl)c1)c1ccc(-c2cc(C(F)(F)F)ccn2)cc1. The van der Waals surface area contributed by atoms with Crippen LogP contribution in [0.1, 0.15) is 15.9 Å². The molecule has 3 nitrogen and oxygen atoms in total. The Morgan fingerprint density at radius 1 is 1.00 bits per heavy atom. The number of hydrogen-bond acceptors (Lipinski definition) is 2. The highest BCUT2D eigenvalue weighted by atomic mass is 35.5. The van der Waals surface area contributed by atoms with Crippen molar-refractivity contribution in [2.45, 2.75) is 6.18 Å². The van der Waals surface area contributed by atoms with Crippen molar-refractivity contribution < 1.29 is 18.0 Å². The Morgan fingerprint density at radius 2 is 1.73 bits per heavy atom. The van der Waals surface area contributed by atoms with Crippen LogP contribution in [0, 0.1) is 0 Å². The van der Waals surface area contributed by atoms with Crippen molar-refractivity contribution in [3.63, 3.8) is 0 Å². The number of carbonyl (C=O) groups is 1. The van der Waals surface area contributed by atoms with Crippen molar-refractivity contribution in [1.29, 1.82) is 0 Å². The molecule has 7 heteroatoms. The van der Waals surface area contributed by atoms with Gasteiger partial charge in [0.25, 0.3) is 5.91 Å². The maximum Gasteiger partial charge on any atom is 0.416 e. The Bertz CT molecular complexity index is 940. The second kappa shape index (κ2) is 7.17. The van der Waals surface area contributed by atoms with Crippen LogP contribution in [0.15, 0.2) is 66.9 Å². The van der Waals surface area contributed by atoms with E-state index in [2.05, 4.69) is 10.3 Å². The van der Waals surface area contributed by atoms with Gasteiger partial charge in [0, 0.05) is 28.0 Å². The van der Waals surface area contributed by atoms with Crippen molar-refractivity contribution in [3.05, 3.63) is 83.0 Å². The molecule has 1 amide bonds. The predicted octanol–water partition coefficient (Wildman–Crippen LogP) is 5.67. The molecule has 0 bridgehead atoms. The van der Waals surface area contributed by atoms with Crippen molar-refractivity contribution >= 4 is 23.2 Å². The molecule has 3 rings (SSSR count). The van der Waals surface area contributed by atoms with Gasteiger partial charge in [0.05, 0.1) is 11.3 Å². The molecule has 0 aliphatic carbocycles. The van der Waals surface area contributed by atoms with Crippen LogP contribution >= 0.6 is 11.6 Å². The topological polar surface area (TPSA) is 42.0 Å². The summed E-state index contributed by atoms with van der Waals surface area (Å²) >= 11 is 5.87. The van der Waals surface area contributed by atoms with Gasteiger partial charge >= 0.3 is 6.18 Å². The maximum atomic E-state index is 12.8. The zero-order valence-corrected chi connectivity index (χ0v) is 14.0. The summed E-state index contributed by atoms with van der Waals surface area (Å²) < 4.78 is 38.4. The average molecular weight is 377 g/mol. The van der Waals surface area contributed by atoms with E-state index in [1.807, 2.05) is 0 Å². The highest BCUT2D eigenvalue weighted by molar-refractivity contribution is 6.30. The second-order valence-electron chi connectivity index (χ2n) is 5.47. The lowest BCUT2D eigenvalue weighted by atomic mass is 10.1. The molecule has 0 saturated heterocycles. The Hall–Kier alpha value is -2.86. The fourth-order valence-electron chi connectivity index (χ4n) is 2.33. The molecule has 0 aliphatic heterocycles. The monoisotopic (exact) mass is 376 g/mol. The molecule has 132 valence electrons. The minimum Gasteiger partial charge on any atom is -0.322 e. The number of anilines is 1. The fraction of sp³-hybridized carbons (Fsp3) is 0.0526. The molecule has 0 atom stereocenters. The number of rotatable bonds is 3. The van der Waals surface area contributed by atoms with E-state index in [1.165, 1.54) is 12.1 Å². The molecule has 26 heavy (non-hydrogen) atoms. The summed E-state index contributed by atoms with van der Waals surface area (Å²) in [4.78, 5) is 16.2. The Balaban J connectivity index is 1.79. The third kappa shape index (κ3) is 4.21. The van der Waals surface area contributed by atoms with Crippen LogP contribution in [-0.2, 0) is 6.18 Å². The van der Waals surface area contributed by atoms with Crippen molar-refractivity contribution in [3.8, 4) is 11.3 Å². The average Bonchev–Trinajstić information content (AvgIpc) is 2.61. The summed E-state index contributed by atoms with van der Waals surface area (Å²) in [5.74, 6) is -0.351. The maximum absolute atomic E-state index is 12.8. The van der Waals surface area contributed by atoms with Gasteiger partial charge in [0.15, 0.2) is 0 Å². The zero-order valence-electron chi connectivity index (χ0n) is 13.2. The molecule has 3 aromatic rings. The van der Waals surface area contributed by atoms with Gasteiger partial charge in [-0.3, -0.25) is 9.78 Å². The molecule has 0 fully saturated rings. The van der Waals surface area contributed by atoms with Gasteiger partial charge in [0.2, 0.25) is 0 Å². The number of nitrogens with one attached hydrogen (secondary N) is 1. The quantitative estimate of drug-likeness (QED) is 0.639. The Labute approximate surface area is 152 Å². The van der Waals surface area contributed by atoms with Crippen LogP contribution in [0.4, 0.5) is 18.9 Å². The van der Waals surface area contributed by atoms with Crippen LogP contribution in [0.5, 0.6) is 0 Å². The smallest absolute Gasteiger partial charge is 0.322 e. The summed E-state index contributed by atoms with van der Waals surface area (Å²) in [6.45, 7) is 0. The van der Waals surface area contributed by atoms with Crippen LogP contribution in [0.25, 0.3) is 11.3 Å². The number of alkyl halides is 3. The number of pyridine rings is 1. The summed E-state index contributed by atoms with van der Waals surface area (Å²) in [7, 11) is 0. The largest absolute Gasteiger partial charge is 0.416 e. The minimum absolute atomic E-state index is 0.182. The van der Waals surface area contributed by atoms with E-state index in [0.29, 0.717) is 21.8 Å². The van der Waals surface area contributed by atoms with Crippen molar-refractivity contribution in [2.75, 3.05) is 5.32 Å². The molecule has 1 aromatic heterocycles. The molecule has 0 aliphatic rings. The first kappa shape index (κ1) is 17.9. The molecular weight excluding hydrogens is 365 g/mol. The first-order chi connectivity index (χ1) is 12.3. The van der Waals surface area contributed by atoms with Crippen LogP contribution in [-0.4, -0.2) is 10.9 Å². The van der Waals surface area contributed by atoms with E-state index in [4.69, 9.17) is 11.6 Å². The summed E-state index contributed by atoms with van der Waals surface area (Å²) in [6, 6.07) is 14.7. The van der Waals surface area contributed by atoms with Gasteiger partial charge in [-0.15, -0.1) is 0 Å². The van der Waals surface area contributed by atoms with Gasteiger partial charge < -0.3 is 5.32 Å². The molecule has 0 saturated carbocycles. The first-order valence-corrected chi connectivity index (χ1v) is 7.91. The number of aromatic nitrogens is 1. The molecule has 0 unspecified atom stereocenters. The Morgan fingerprint density at radius 3 is 2.38 bits per heavy atom. The minimum atomic E-state index is -4.44. The summed E-state index contributed by atoms with van der Waals surface area (Å²) in [5, 5.41) is 3.19. The lowest BCUT2D eigenvalue weighted by Gasteiger charge is -2.09. The second-order valence-corrected chi connectivity index (χ2v) is 5.91. The van der Waals surface area contributed by atoms with E-state index in [9.17, 15) is 18.0 Å². The van der Waals surface area contributed by atoms with Gasteiger partial charge in [-0.1, -0.05) is 29.8 Å². The predicted molar refractivity (Wildman–Crippen MR) is 94.1 cm³/mol. The van der Waals surface area contributed by atoms with Crippen LogP contribution in [0.2, 0.25) is 5.02 Å². The molecule has 1 N–H and O–H groups in total. The van der Waals surface area contributed by atoms with E-state index < -0.39 is 11.7 Å². The number of benzene rings is 2. The number of halogens is 4. The van der Waals surface area contributed by atoms with Gasteiger partial charge in [-0.2, -0.15) is 13.2 Å². The molecule has 0 radical (unpaired) electrons. The van der Waals surface area contributed by atoms with E-state index in [-0.39, 0.29) is 11.6 Å². The van der Waals surface area contributed by atoms with Gasteiger partial charge in [0.1, 0.15) is 0 Å². The Kier molecular flexibility index (Phi) is 4.95. The summed E-state index contributed by atoms with van der Waals surface area (Å²) in [6.07, 6.45) is -3.33. The highest BCUT2D eigenvalue weighted by Gasteiger charge is 2.30. The third-order valence-electron chi connectivity index (χ3n) is 3.61. The van der Waals surface area contributed by atoms with E-state index >= 15 is 0 Å². The number of hydrogen-bond donors (Lipinski definition) is 1. The van der Waals surface area contributed by atoms with Crippen LogP contribution < -0.4 is 5.32 Å². The number of carbonyl (C=O) groups excluding carboxylic acids is 1. The molecular formula is C19H12ClF3N2O. The molecule has 0 spiro atoms. The third-order valence-corrected chi connectivity index (χ3v) is 3.85. The van der Waals surface area contributed by atoms with E-state index in [1.54, 1.807) is 36.4 Å². The van der Waals surface area contributed by atoms with Crippen LogP contribution in [0.3, 0.4) is 0 Å². The number of amides is 1. The molecule has 1 heterocycles. The highest BCUT2D eigenvalue weighted by Crippen LogP contribution is 2.31. The lowest BCUT2D eigenvalue weighted by molar-refractivity contribution is -0.137. The van der Waals surface area contributed by atoms with Gasteiger partial charge in [-0.05, 0) is 42.5 Å². The standard InChI is InChI=1S/C19H12ClF3N2O/c20-15-2-1-3-16(11-15)25-18(26)13-6-4-12(5-7-13)17-10-14(8-9-24-17)19(21,22)23/h1-11H,(H,25,26). The normalized spacial score (nSPS) is 11.2.